The third kappa shape index (κ3) is 4.37. The van der Waals surface area contributed by atoms with Crippen LogP contribution in [0.3, 0.4) is 0 Å². The summed E-state index contributed by atoms with van der Waals surface area (Å²) in [5.74, 6) is 0.654. The highest BCUT2D eigenvalue weighted by molar-refractivity contribution is 5.76. The van der Waals surface area contributed by atoms with Crippen molar-refractivity contribution >= 4 is 5.91 Å². The average molecular weight is 456 g/mol. The van der Waals surface area contributed by atoms with Gasteiger partial charge in [-0.05, 0) is 67.8 Å². The molecule has 0 bridgehead atoms. The van der Waals surface area contributed by atoms with E-state index >= 15 is 0 Å². The molecule has 0 aromatic heterocycles. The Balaban J connectivity index is 1.30. The first-order valence-corrected chi connectivity index (χ1v) is 13.2. The van der Waals surface area contributed by atoms with E-state index in [1.807, 2.05) is 11.0 Å². The minimum atomic E-state index is -0.392. The summed E-state index contributed by atoms with van der Waals surface area (Å²) in [6, 6.07) is 10.4. The van der Waals surface area contributed by atoms with Gasteiger partial charge >= 0.3 is 0 Å². The number of carbonyl (C=O) groups is 1. The lowest BCUT2D eigenvalue weighted by atomic mass is 9.46. The summed E-state index contributed by atoms with van der Waals surface area (Å²) in [6.07, 6.45) is 8.01. The molecule has 2 heterocycles. The zero-order valence-electron chi connectivity index (χ0n) is 20.4. The molecule has 0 spiro atoms. The van der Waals surface area contributed by atoms with E-state index in [4.69, 9.17) is 9.47 Å². The van der Waals surface area contributed by atoms with Crippen LogP contribution in [0.1, 0.15) is 70.8 Å². The molecule has 5 nitrogen and oxygen atoms in total. The Labute approximate surface area is 198 Å². The van der Waals surface area contributed by atoms with Gasteiger partial charge in [-0.25, -0.2) is 0 Å². The fourth-order valence-corrected chi connectivity index (χ4v) is 7.66. The van der Waals surface area contributed by atoms with Gasteiger partial charge in [-0.15, -0.1) is 0 Å². The molecule has 5 heteroatoms. The van der Waals surface area contributed by atoms with Crippen LogP contribution in [0.4, 0.5) is 0 Å². The molecule has 33 heavy (non-hydrogen) atoms. The van der Waals surface area contributed by atoms with Crippen molar-refractivity contribution in [3.05, 3.63) is 35.9 Å². The van der Waals surface area contributed by atoms with Gasteiger partial charge in [-0.3, -0.25) is 4.79 Å². The summed E-state index contributed by atoms with van der Waals surface area (Å²) >= 11 is 0. The topological polar surface area (TPSA) is 59.0 Å². The minimum Gasteiger partial charge on any atom is -0.393 e. The van der Waals surface area contributed by atoms with Crippen molar-refractivity contribution in [2.75, 3.05) is 19.7 Å². The third-order valence-corrected chi connectivity index (χ3v) is 9.58. The zero-order valence-corrected chi connectivity index (χ0v) is 20.4. The van der Waals surface area contributed by atoms with Gasteiger partial charge in [0.05, 0.1) is 18.8 Å². The van der Waals surface area contributed by atoms with Gasteiger partial charge in [0, 0.05) is 31.3 Å². The first-order chi connectivity index (χ1) is 15.9. The van der Waals surface area contributed by atoms with Gasteiger partial charge in [0.25, 0.3) is 0 Å². The molecule has 2 saturated carbocycles. The molecule has 4 aliphatic rings. The van der Waals surface area contributed by atoms with E-state index in [2.05, 4.69) is 38.1 Å². The molecule has 7 atom stereocenters. The standard InChI is InChI=1S/C28H41NO4/c1-27-14-13-24-28(2,19-32-26(33-24)17-20-9-5-3-6-10-20)23(27)12-11-22(30)21(27)18-25(31)29-15-7-4-8-16-29/h3,5-6,9-10,21-24,26,30H,4,7-8,11-19H2,1-2H3/t21-,22-,23?,24-,26-,27+,28+/m1/s1. The quantitative estimate of drug-likeness (QED) is 0.723. The molecular formula is C28H41NO4. The molecule has 1 N–H and O–H groups in total. The van der Waals surface area contributed by atoms with Crippen LogP contribution >= 0.6 is 0 Å². The van der Waals surface area contributed by atoms with Crippen LogP contribution in [0.15, 0.2) is 30.3 Å². The van der Waals surface area contributed by atoms with Crippen molar-refractivity contribution in [2.45, 2.75) is 90.1 Å². The first kappa shape index (κ1) is 23.3. The Hall–Kier alpha value is -1.43. The monoisotopic (exact) mass is 455 g/mol. The highest BCUT2D eigenvalue weighted by atomic mass is 16.7. The maximum absolute atomic E-state index is 13.2. The molecule has 182 valence electrons. The number of aliphatic hydroxyl groups excluding tert-OH is 1. The number of fused-ring (bicyclic) bond motifs is 3. The second-order valence-corrected chi connectivity index (χ2v) is 11.6. The van der Waals surface area contributed by atoms with Crippen molar-refractivity contribution in [3.63, 3.8) is 0 Å². The molecule has 2 saturated heterocycles. The summed E-state index contributed by atoms with van der Waals surface area (Å²) in [4.78, 5) is 15.2. The Kier molecular flexibility index (Phi) is 6.58. The van der Waals surface area contributed by atoms with Gasteiger partial charge in [-0.1, -0.05) is 44.2 Å². The van der Waals surface area contributed by atoms with E-state index in [0.717, 1.165) is 58.0 Å². The molecule has 1 aromatic carbocycles. The van der Waals surface area contributed by atoms with E-state index in [9.17, 15) is 9.90 Å². The fourth-order valence-electron chi connectivity index (χ4n) is 7.66. The van der Waals surface area contributed by atoms with E-state index in [1.54, 1.807) is 0 Å². The smallest absolute Gasteiger partial charge is 0.222 e. The van der Waals surface area contributed by atoms with Gasteiger partial charge in [0.15, 0.2) is 6.29 Å². The van der Waals surface area contributed by atoms with Crippen molar-refractivity contribution in [3.8, 4) is 0 Å². The van der Waals surface area contributed by atoms with Crippen LogP contribution in [0.25, 0.3) is 0 Å². The number of rotatable bonds is 4. The number of likely N-dealkylation sites (tertiary alicyclic amines) is 1. The minimum absolute atomic E-state index is 0.0190. The lowest BCUT2D eigenvalue weighted by Crippen LogP contribution is -2.63. The van der Waals surface area contributed by atoms with Crippen LogP contribution in [0.5, 0.6) is 0 Å². The number of ether oxygens (including phenoxy) is 2. The fraction of sp³-hybridized carbons (Fsp3) is 0.750. The van der Waals surface area contributed by atoms with E-state index < -0.39 is 6.10 Å². The van der Waals surface area contributed by atoms with Crippen molar-refractivity contribution in [1.82, 2.24) is 4.90 Å². The summed E-state index contributed by atoms with van der Waals surface area (Å²) in [5, 5.41) is 11.1. The van der Waals surface area contributed by atoms with Crippen molar-refractivity contribution in [1.29, 1.82) is 0 Å². The molecule has 2 aliphatic carbocycles. The van der Waals surface area contributed by atoms with Gasteiger partial charge in [-0.2, -0.15) is 0 Å². The maximum atomic E-state index is 13.2. The number of aliphatic hydroxyl groups is 1. The second kappa shape index (κ2) is 9.31. The van der Waals surface area contributed by atoms with Gasteiger partial charge in [0.1, 0.15) is 0 Å². The van der Waals surface area contributed by atoms with Crippen LogP contribution < -0.4 is 0 Å². The number of carbonyl (C=O) groups excluding carboxylic acids is 1. The molecule has 5 rings (SSSR count). The summed E-state index contributed by atoms with van der Waals surface area (Å²) in [5.41, 5.74) is 1.10. The van der Waals surface area contributed by atoms with Crippen LogP contribution in [0, 0.1) is 22.7 Å². The van der Waals surface area contributed by atoms with Crippen LogP contribution in [-0.4, -0.2) is 54.1 Å². The number of hydrogen-bond acceptors (Lipinski definition) is 4. The Morgan fingerprint density at radius 3 is 2.58 bits per heavy atom. The molecule has 4 fully saturated rings. The van der Waals surface area contributed by atoms with E-state index in [-0.39, 0.29) is 35.0 Å². The van der Waals surface area contributed by atoms with Gasteiger partial charge in [0.2, 0.25) is 5.91 Å². The van der Waals surface area contributed by atoms with Crippen LogP contribution in [-0.2, 0) is 20.7 Å². The van der Waals surface area contributed by atoms with Crippen LogP contribution in [0.2, 0.25) is 0 Å². The highest BCUT2D eigenvalue weighted by Crippen LogP contribution is 2.62. The first-order valence-electron chi connectivity index (χ1n) is 13.2. The number of piperidine rings is 1. The zero-order chi connectivity index (χ0) is 23.1. The number of hydrogen-bond donors (Lipinski definition) is 1. The van der Waals surface area contributed by atoms with Crippen molar-refractivity contribution < 1.29 is 19.4 Å². The molecule has 0 radical (unpaired) electrons. The normalized spacial score (nSPS) is 41.2. The summed E-state index contributed by atoms with van der Waals surface area (Å²) < 4.78 is 12.9. The maximum Gasteiger partial charge on any atom is 0.222 e. The summed E-state index contributed by atoms with van der Waals surface area (Å²) in [7, 11) is 0. The van der Waals surface area contributed by atoms with Crippen molar-refractivity contribution in [2.24, 2.45) is 22.7 Å². The Morgan fingerprint density at radius 2 is 1.82 bits per heavy atom. The number of benzene rings is 1. The predicted octanol–water partition coefficient (Wildman–Crippen LogP) is 4.57. The second-order valence-electron chi connectivity index (χ2n) is 11.6. The van der Waals surface area contributed by atoms with Gasteiger partial charge < -0.3 is 19.5 Å². The lowest BCUT2D eigenvalue weighted by molar-refractivity contribution is -0.308. The highest BCUT2D eigenvalue weighted by Gasteiger charge is 2.61. The lowest BCUT2D eigenvalue weighted by Gasteiger charge is -2.63. The Bertz CT molecular complexity index is 824. The number of amides is 1. The molecular weight excluding hydrogens is 414 g/mol. The van der Waals surface area contributed by atoms with E-state index in [0.29, 0.717) is 18.9 Å². The molecule has 1 aromatic rings. The summed E-state index contributed by atoms with van der Waals surface area (Å²) in [6.45, 7) is 7.13. The SMILES string of the molecule is C[C@@]12CO[C@@H](Cc3ccccc3)O[C@@H]1CC[C@]1(C)C2CC[C@@H](O)[C@H]1CC(=O)N1CCCCC1. The molecule has 1 amide bonds. The molecule has 2 aliphatic heterocycles. The third-order valence-electron chi connectivity index (χ3n) is 9.58. The van der Waals surface area contributed by atoms with E-state index in [1.165, 1.54) is 12.0 Å². The predicted molar refractivity (Wildman–Crippen MR) is 127 cm³/mol. The number of nitrogens with zero attached hydrogens (tertiary/aromatic N) is 1. The Morgan fingerprint density at radius 1 is 1.06 bits per heavy atom. The molecule has 1 unspecified atom stereocenters. The average Bonchev–Trinajstić information content (AvgIpc) is 2.83. The largest absolute Gasteiger partial charge is 0.393 e.